The molecule has 0 fully saturated rings. The van der Waals surface area contributed by atoms with Crippen molar-refractivity contribution >= 4 is 11.6 Å². The average Bonchev–Trinajstić information content (AvgIpc) is 2.18. The lowest BCUT2D eigenvalue weighted by molar-refractivity contribution is 0.304. The zero-order valence-electron chi connectivity index (χ0n) is 8.08. The van der Waals surface area contributed by atoms with Gasteiger partial charge in [0.15, 0.2) is 0 Å². The van der Waals surface area contributed by atoms with E-state index in [9.17, 15) is 0 Å². The highest BCUT2D eigenvalue weighted by Crippen LogP contribution is 2.15. The van der Waals surface area contributed by atoms with Gasteiger partial charge in [0.1, 0.15) is 5.75 Å². The number of hydrogen-bond donors (Lipinski definition) is 1. The number of ether oxygens (including phenoxy) is 1. The van der Waals surface area contributed by atoms with Crippen LogP contribution in [0.4, 0.5) is 0 Å². The van der Waals surface area contributed by atoms with Gasteiger partial charge in [0.25, 0.3) is 0 Å². The van der Waals surface area contributed by atoms with E-state index in [4.69, 9.17) is 22.1 Å². The number of unbranched alkanes of at least 4 members (excludes halogenated alkanes) is 2. The Balaban J connectivity index is 2.18. The summed E-state index contributed by atoms with van der Waals surface area (Å²) >= 11 is 5.75. The van der Waals surface area contributed by atoms with Crippen LogP contribution in [0.2, 0.25) is 5.02 Å². The summed E-state index contributed by atoms with van der Waals surface area (Å²) in [6, 6.07) is 1.76. The van der Waals surface area contributed by atoms with Crippen molar-refractivity contribution in [1.82, 2.24) is 4.98 Å². The predicted molar refractivity (Wildman–Crippen MR) is 57.6 cm³/mol. The maximum atomic E-state index is 5.75. The summed E-state index contributed by atoms with van der Waals surface area (Å²) in [7, 11) is 0. The quantitative estimate of drug-likeness (QED) is 0.739. The fraction of sp³-hybridized carbons (Fsp3) is 0.500. The van der Waals surface area contributed by atoms with Gasteiger partial charge in [0, 0.05) is 12.3 Å². The molecule has 2 N–H and O–H groups in total. The summed E-state index contributed by atoms with van der Waals surface area (Å²) in [5, 5.41) is 0.601. The van der Waals surface area contributed by atoms with Crippen molar-refractivity contribution in [2.75, 3.05) is 13.2 Å². The van der Waals surface area contributed by atoms with Crippen molar-refractivity contribution in [3.8, 4) is 5.75 Å². The molecule has 0 saturated carbocycles. The molecule has 0 aromatic carbocycles. The summed E-state index contributed by atoms with van der Waals surface area (Å²) < 4.78 is 5.45. The number of nitrogens with zero attached hydrogens (tertiary/aromatic N) is 1. The highest BCUT2D eigenvalue weighted by atomic mass is 35.5. The van der Waals surface area contributed by atoms with Crippen LogP contribution in [0.3, 0.4) is 0 Å². The number of rotatable bonds is 6. The molecule has 1 heterocycles. The molecule has 0 aliphatic rings. The van der Waals surface area contributed by atoms with Crippen molar-refractivity contribution in [3.63, 3.8) is 0 Å². The lowest BCUT2D eigenvalue weighted by atomic mass is 10.2. The first-order valence-electron chi connectivity index (χ1n) is 4.76. The Hall–Kier alpha value is -0.800. The van der Waals surface area contributed by atoms with Crippen molar-refractivity contribution in [2.24, 2.45) is 5.73 Å². The topological polar surface area (TPSA) is 48.1 Å². The largest absolute Gasteiger partial charge is 0.492 e. The van der Waals surface area contributed by atoms with Gasteiger partial charge in [-0.1, -0.05) is 11.6 Å². The van der Waals surface area contributed by atoms with Gasteiger partial charge in [-0.15, -0.1) is 0 Å². The summed E-state index contributed by atoms with van der Waals surface area (Å²) in [6.07, 6.45) is 6.42. The van der Waals surface area contributed by atoms with Crippen molar-refractivity contribution in [3.05, 3.63) is 23.5 Å². The van der Waals surface area contributed by atoms with Crippen LogP contribution in [0.5, 0.6) is 5.75 Å². The SMILES string of the molecule is NCCCCCOc1cncc(Cl)c1. The highest BCUT2D eigenvalue weighted by molar-refractivity contribution is 6.30. The molecule has 0 unspecified atom stereocenters. The molecule has 3 nitrogen and oxygen atoms in total. The maximum Gasteiger partial charge on any atom is 0.139 e. The first-order chi connectivity index (χ1) is 6.83. The molecule has 78 valence electrons. The molecular weight excluding hydrogens is 200 g/mol. The smallest absolute Gasteiger partial charge is 0.139 e. The van der Waals surface area contributed by atoms with Gasteiger partial charge >= 0.3 is 0 Å². The van der Waals surface area contributed by atoms with Crippen LogP contribution in [-0.4, -0.2) is 18.1 Å². The van der Waals surface area contributed by atoms with E-state index in [1.807, 2.05) is 0 Å². The van der Waals surface area contributed by atoms with E-state index in [1.165, 1.54) is 0 Å². The Bertz CT molecular complexity index is 268. The maximum absolute atomic E-state index is 5.75. The Morgan fingerprint density at radius 2 is 2.14 bits per heavy atom. The van der Waals surface area contributed by atoms with Crippen LogP contribution in [0.15, 0.2) is 18.5 Å². The summed E-state index contributed by atoms with van der Waals surface area (Å²) in [5.74, 6) is 0.727. The second-order valence-electron chi connectivity index (χ2n) is 3.04. The van der Waals surface area contributed by atoms with Crippen LogP contribution in [0.1, 0.15) is 19.3 Å². The van der Waals surface area contributed by atoms with Crippen LogP contribution >= 0.6 is 11.6 Å². The molecule has 0 atom stereocenters. The van der Waals surface area contributed by atoms with Crippen LogP contribution in [-0.2, 0) is 0 Å². The Morgan fingerprint density at radius 3 is 2.86 bits per heavy atom. The van der Waals surface area contributed by atoms with E-state index in [0.717, 1.165) is 31.6 Å². The van der Waals surface area contributed by atoms with Crippen molar-refractivity contribution < 1.29 is 4.74 Å². The van der Waals surface area contributed by atoms with Gasteiger partial charge in [-0.25, -0.2) is 0 Å². The Kier molecular flexibility index (Phi) is 5.33. The molecule has 0 aliphatic heterocycles. The minimum Gasteiger partial charge on any atom is -0.492 e. The number of nitrogens with two attached hydrogens (primary N) is 1. The lowest BCUT2D eigenvalue weighted by Gasteiger charge is -2.04. The Morgan fingerprint density at radius 1 is 1.29 bits per heavy atom. The minimum atomic E-state index is 0.601. The average molecular weight is 215 g/mol. The van der Waals surface area contributed by atoms with E-state index < -0.39 is 0 Å². The number of hydrogen-bond acceptors (Lipinski definition) is 3. The molecule has 14 heavy (non-hydrogen) atoms. The van der Waals surface area contributed by atoms with Crippen LogP contribution in [0.25, 0.3) is 0 Å². The summed E-state index contributed by atoms with van der Waals surface area (Å²) in [6.45, 7) is 1.45. The number of pyridine rings is 1. The van der Waals surface area contributed by atoms with Gasteiger partial charge in [-0.3, -0.25) is 4.98 Å². The predicted octanol–water partition coefficient (Wildman–Crippen LogP) is 2.24. The van der Waals surface area contributed by atoms with E-state index in [-0.39, 0.29) is 0 Å². The first kappa shape index (κ1) is 11.3. The molecule has 0 amide bonds. The van der Waals surface area contributed by atoms with Gasteiger partial charge in [-0.2, -0.15) is 0 Å². The summed E-state index contributed by atoms with van der Waals surface area (Å²) in [5.41, 5.74) is 5.37. The molecule has 0 aliphatic carbocycles. The third kappa shape index (κ3) is 4.44. The molecule has 1 rings (SSSR count). The highest BCUT2D eigenvalue weighted by Gasteiger charge is 1.95. The third-order valence-corrected chi connectivity index (χ3v) is 2.00. The Labute approximate surface area is 89.2 Å². The molecule has 1 aromatic heterocycles. The fourth-order valence-electron chi connectivity index (χ4n) is 1.08. The third-order valence-electron chi connectivity index (χ3n) is 1.80. The molecule has 0 saturated heterocycles. The van der Waals surface area contributed by atoms with Crippen LogP contribution in [0, 0.1) is 0 Å². The van der Waals surface area contributed by atoms with Gasteiger partial charge in [-0.05, 0) is 25.8 Å². The second kappa shape index (κ2) is 6.62. The normalized spacial score (nSPS) is 10.1. The number of aromatic nitrogens is 1. The minimum absolute atomic E-state index is 0.601. The van der Waals surface area contributed by atoms with Gasteiger partial charge in [0.2, 0.25) is 0 Å². The molecule has 1 aromatic rings. The van der Waals surface area contributed by atoms with E-state index in [2.05, 4.69) is 4.98 Å². The van der Waals surface area contributed by atoms with Crippen molar-refractivity contribution in [2.45, 2.75) is 19.3 Å². The standard InChI is InChI=1S/C10H15ClN2O/c11-9-6-10(8-13-7-9)14-5-3-1-2-4-12/h6-8H,1-5,12H2. The molecule has 4 heteroatoms. The second-order valence-corrected chi connectivity index (χ2v) is 3.47. The van der Waals surface area contributed by atoms with Gasteiger partial charge in [0.05, 0.1) is 17.8 Å². The van der Waals surface area contributed by atoms with E-state index >= 15 is 0 Å². The van der Waals surface area contributed by atoms with E-state index in [1.54, 1.807) is 18.5 Å². The molecular formula is C10H15ClN2O. The lowest BCUT2D eigenvalue weighted by Crippen LogP contribution is -2.01. The fourth-order valence-corrected chi connectivity index (χ4v) is 1.25. The molecule has 0 spiro atoms. The zero-order chi connectivity index (χ0) is 10.2. The monoisotopic (exact) mass is 214 g/mol. The summed E-state index contributed by atoms with van der Waals surface area (Å²) in [4.78, 5) is 3.92. The van der Waals surface area contributed by atoms with Crippen LogP contribution < -0.4 is 10.5 Å². The molecule has 0 bridgehead atoms. The zero-order valence-corrected chi connectivity index (χ0v) is 8.83. The van der Waals surface area contributed by atoms with E-state index in [0.29, 0.717) is 11.6 Å². The molecule has 0 radical (unpaired) electrons. The number of halogens is 1. The van der Waals surface area contributed by atoms with Gasteiger partial charge < -0.3 is 10.5 Å². The van der Waals surface area contributed by atoms with Crippen molar-refractivity contribution in [1.29, 1.82) is 0 Å². The first-order valence-corrected chi connectivity index (χ1v) is 5.14.